The van der Waals surface area contributed by atoms with Crippen LogP contribution in [-0.4, -0.2) is 183 Å². The molecule has 0 aliphatic carbocycles. The van der Waals surface area contributed by atoms with Gasteiger partial charge in [0, 0.05) is 6.61 Å². The Morgan fingerprint density at radius 2 is 0.417 bits per heavy atom. The van der Waals surface area contributed by atoms with Gasteiger partial charge in [-0.05, 0) is 6.42 Å². The van der Waals surface area contributed by atoms with Crippen molar-refractivity contribution in [2.75, 3.05) is 178 Å². The van der Waals surface area contributed by atoms with Gasteiger partial charge in [-0.15, -0.1) is 0 Å². The minimum Gasteiger partial charge on any atom is -0.394 e. The first-order valence-corrected chi connectivity index (χ1v) is 18.0. The molecule has 0 aliphatic heterocycles. The lowest BCUT2D eigenvalue weighted by Crippen LogP contribution is -2.15. The lowest BCUT2D eigenvalue weighted by Gasteiger charge is -2.09. The maximum absolute atomic E-state index is 8.58. The highest BCUT2D eigenvalue weighted by atomic mass is 16.6. The second kappa shape index (κ2) is 46.4. The molecule has 0 saturated carbocycles. The second-order valence-electron chi connectivity index (χ2n) is 10.5. The highest BCUT2D eigenvalue weighted by Crippen LogP contribution is 2.04. The average molecular weight is 703 g/mol. The summed E-state index contributed by atoms with van der Waals surface area (Å²) in [7, 11) is 0. The molecular weight excluding hydrogens is 632 g/mol. The molecule has 48 heavy (non-hydrogen) atoms. The summed E-state index contributed by atoms with van der Waals surface area (Å²) in [5.41, 5.74) is 0. The molecule has 0 amide bonds. The van der Waals surface area contributed by atoms with Gasteiger partial charge in [0.05, 0.1) is 172 Å². The van der Waals surface area contributed by atoms with E-state index in [0.29, 0.717) is 165 Å². The largest absolute Gasteiger partial charge is 0.394 e. The molecule has 0 saturated heterocycles. The molecule has 0 radical (unpaired) electrons. The summed E-state index contributed by atoms with van der Waals surface area (Å²) in [5, 5.41) is 8.58. The van der Waals surface area contributed by atoms with E-state index in [0.717, 1.165) is 13.0 Å². The molecule has 0 rings (SSSR count). The van der Waals surface area contributed by atoms with Crippen molar-refractivity contribution in [3.8, 4) is 0 Å². The number of aliphatic hydroxyl groups is 1. The van der Waals surface area contributed by atoms with Gasteiger partial charge in [-0.3, -0.25) is 0 Å². The number of aliphatic hydroxyl groups excluding tert-OH is 1. The lowest BCUT2D eigenvalue weighted by molar-refractivity contribution is -0.0292. The van der Waals surface area contributed by atoms with Crippen LogP contribution in [0.3, 0.4) is 0 Å². The Morgan fingerprint density at radius 3 is 0.646 bits per heavy atom. The average Bonchev–Trinajstić information content (AvgIpc) is 3.10. The van der Waals surface area contributed by atoms with Crippen LogP contribution in [0.25, 0.3) is 0 Å². The molecule has 0 aromatic rings. The van der Waals surface area contributed by atoms with Crippen LogP contribution in [0.4, 0.5) is 0 Å². The third-order valence-electron chi connectivity index (χ3n) is 6.34. The molecule has 0 aliphatic rings. The smallest absolute Gasteiger partial charge is 0.0701 e. The first-order chi connectivity index (χ1) is 23.9. The molecule has 0 spiro atoms. The third-order valence-corrected chi connectivity index (χ3v) is 6.34. The number of unbranched alkanes of at least 4 members (excludes halogenated alkanes) is 5. The Balaban J connectivity index is 3.04. The van der Waals surface area contributed by atoms with Crippen LogP contribution >= 0.6 is 0 Å². The molecule has 1 N–H and O–H groups in total. The molecule has 0 aromatic heterocycles. The van der Waals surface area contributed by atoms with Gasteiger partial charge in [-0.2, -0.15) is 0 Å². The van der Waals surface area contributed by atoms with Gasteiger partial charge in [-0.25, -0.2) is 0 Å². The van der Waals surface area contributed by atoms with E-state index in [-0.39, 0.29) is 6.61 Å². The van der Waals surface area contributed by atoms with E-state index in [4.69, 9.17) is 66.7 Å². The molecule has 14 nitrogen and oxygen atoms in total. The molecule has 0 heterocycles. The van der Waals surface area contributed by atoms with Gasteiger partial charge in [0.1, 0.15) is 0 Å². The summed E-state index contributed by atoms with van der Waals surface area (Å²) in [4.78, 5) is 0. The summed E-state index contributed by atoms with van der Waals surface area (Å²) in [5.74, 6) is 0. The van der Waals surface area contributed by atoms with Gasteiger partial charge in [-0.1, -0.05) is 39.0 Å². The number of hydrogen-bond acceptors (Lipinski definition) is 14. The van der Waals surface area contributed by atoms with Gasteiger partial charge in [0.2, 0.25) is 0 Å². The van der Waals surface area contributed by atoms with E-state index in [9.17, 15) is 0 Å². The van der Waals surface area contributed by atoms with Gasteiger partial charge >= 0.3 is 0 Å². The Labute approximate surface area is 290 Å². The van der Waals surface area contributed by atoms with Crippen molar-refractivity contribution in [2.45, 2.75) is 45.4 Å². The van der Waals surface area contributed by atoms with Crippen LogP contribution in [0.1, 0.15) is 45.4 Å². The van der Waals surface area contributed by atoms with Crippen LogP contribution in [0.15, 0.2) is 0 Å². The quantitative estimate of drug-likeness (QED) is 0.0930. The first-order valence-electron chi connectivity index (χ1n) is 18.0. The second-order valence-corrected chi connectivity index (χ2v) is 10.5. The Bertz CT molecular complexity index is 504. The fraction of sp³-hybridized carbons (Fsp3) is 1.00. The molecule has 290 valence electrons. The van der Waals surface area contributed by atoms with E-state index in [1.54, 1.807) is 0 Å². The summed E-state index contributed by atoms with van der Waals surface area (Å²) in [6.07, 6.45) is 7.67. The maximum atomic E-state index is 8.58. The summed E-state index contributed by atoms with van der Waals surface area (Å²) in [6, 6.07) is 0. The molecule has 0 fully saturated rings. The van der Waals surface area contributed by atoms with Crippen LogP contribution < -0.4 is 0 Å². The van der Waals surface area contributed by atoms with Crippen molar-refractivity contribution in [2.24, 2.45) is 0 Å². The monoisotopic (exact) mass is 702 g/mol. The van der Waals surface area contributed by atoms with E-state index in [2.05, 4.69) is 6.92 Å². The topological polar surface area (TPSA) is 140 Å². The molecule has 0 aromatic carbocycles. The summed E-state index contributed by atoms with van der Waals surface area (Å²) in [6.45, 7) is 16.0. The highest BCUT2D eigenvalue weighted by molar-refractivity contribution is 4.44. The van der Waals surface area contributed by atoms with Crippen molar-refractivity contribution in [1.29, 1.82) is 0 Å². The zero-order valence-electron chi connectivity index (χ0n) is 30.1. The van der Waals surface area contributed by atoms with Crippen LogP contribution in [-0.2, 0) is 61.6 Å². The highest BCUT2D eigenvalue weighted by Gasteiger charge is 1.97. The Kier molecular flexibility index (Phi) is 45.9. The lowest BCUT2D eigenvalue weighted by atomic mass is 10.1. The van der Waals surface area contributed by atoms with E-state index in [1.165, 1.54) is 32.1 Å². The zero-order chi connectivity index (χ0) is 34.5. The van der Waals surface area contributed by atoms with Crippen molar-refractivity contribution < 1.29 is 66.7 Å². The van der Waals surface area contributed by atoms with E-state index < -0.39 is 0 Å². The van der Waals surface area contributed by atoms with Crippen LogP contribution in [0.2, 0.25) is 0 Å². The third kappa shape index (κ3) is 45.4. The van der Waals surface area contributed by atoms with Crippen LogP contribution in [0.5, 0.6) is 0 Å². The fourth-order valence-corrected chi connectivity index (χ4v) is 3.79. The molecule has 0 bridgehead atoms. The van der Waals surface area contributed by atoms with Gasteiger partial charge < -0.3 is 66.7 Å². The maximum Gasteiger partial charge on any atom is 0.0701 e. The van der Waals surface area contributed by atoms with Crippen molar-refractivity contribution in [3.63, 3.8) is 0 Å². The minimum absolute atomic E-state index is 0.0257. The SMILES string of the molecule is CCCCCCCCOCCOCCOCCOCCOCCOCCOCCOCCOCCOCCOCCOCCOCCO. The number of rotatable bonds is 45. The molecule has 14 heteroatoms. The Hall–Kier alpha value is -0.560. The summed E-state index contributed by atoms with van der Waals surface area (Å²) >= 11 is 0. The molecule has 0 unspecified atom stereocenters. The number of ether oxygens (including phenoxy) is 13. The van der Waals surface area contributed by atoms with Crippen LogP contribution in [0, 0.1) is 0 Å². The predicted octanol–water partition coefficient (Wildman–Crippen LogP) is 2.56. The number of hydrogen-bond donors (Lipinski definition) is 1. The van der Waals surface area contributed by atoms with Crippen molar-refractivity contribution in [1.82, 2.24) is 0 Å². The predicted molar refractivity (Wildman–Crippen MR) is 181 cm³/mol. The standard InChI is InChI=1S/C34H70O14/c1-2-3-4-5-6-7-9-36-11-13-38-15-17-40-19-21-42-23-25-44-27-29-46-31-33-48-34-32-47-30-28-45-26-24-43-22-20-41-18-16-39-14-12-37-10-8-35/h35H,2-34H2,1H3. The van der Waals surface area contributed by atoms with Crippen molar-refractivity contribution >= 4 is 0 Å². The first kappa shape index (κ1) is 47.4. The van der Waals surface area contributed by atoms with Gasteiger partial charge in [0.25, 0.3) is 0 Å². The Morgan fingerprint density at radius 1 is 0.229 bits per heavy atom. The zero-order valence-corrected chi connectivity index (χ0v) is 30.1. The van der Waals surface area contributed by atoms with E-state index in [1.807, 2.05) is 0 Å². The normalized spacial score (nSPS) is 11.6. The van der Waals surface area contributed by atoms with E-state index >= 15 is 0 Å². The van der Waals surface area contributed by atoms with Crippen molar-refractivity contribution in [3.05, 3.63) is 0 Å². The minimum atomic E-state index is 0.0257. The fourth-order valence-electron chi connectivity index (χ4n) is 3.79. The summed E-state index contributed by atoms with van der Waals surface area (Å²) < 4.78 is 70.8. The van der Waals surface area contributed by atoms with Gasteiger partial charge in [0.15, 0.2) is 0 Å². The molecule has 0 atom stereocenters. The molecular formula is C34H70O14.